The molecule has 1 aromatic rings. The number of hydrogen-bond acceptors (Lipinski definition) is 5. The van der Waals surface area contributed by atoms with Crippen LogP contribution in [0, 0.1) is 0 Å². The van der Waals surface area contributed by atoms with E-state index in [0.29, 0.717) is 17.9 Å². The molecular formula is C15H16N2O5S. The Balaban J connectivity index is 1.71. The van der Waals surface area contributed by atoms with Gasteiger partial charge in [0.05, 0.1) is 13.0 Å². The summed E-state index contributed by atoms with van der Waals surface area (Å²) in [7, 11) is 0. The van der Waals surface area contributed by atoms with Crippen molar-refractivity contribution < 1.29 is 23.7 Å². The summed E-state index contributed by atoms with van der Waals surface area (Å²) in [6.45, 7) is 0.0917. The van der Waals surface area contributed by atoms with Crippen LogP contribution in [0.3, 0.4) is 0 Å². The molecule has 2 aliphatic rings. The molecule has 0 aromatic heterocycles. The van der Waals surface area contributed by atoms with Gasteiger partial charge in [-0.15, -0.1) is 0 Å². The molecule has 3 rings (SSSR count). The van der Waals surface area contributed by atoms with Gasteiger partial charge < -0.3 is 15.0 Å². The normalized spacial score (nSPS) is 27.9. The molecule has 0 spiro atoms. The smallest absolute Gasteiger partial charge is 0.415 e. The van der Waals surface area contributed by atoms with E-state index in [2.05, 4.69) is 0 Å². The minimum Gasteiger partial charge on any atom is -0.609 e. The third-order valence-electron chi connectivity index (χ3n) is 4.12. The lowest BCUT2D eigenvalue weighted by Gasteiger charge is -2.23. The summed E-state index contributed by atoms with van der Waals surface area (Å²) in [6, 6.07) is 7.17. The lowest BCUT2D eigenvalue weighted by atomic mass is 9.93. The Morgan fingerprint density at radius 3 is 2.57 bits per heavy atom. The van der Waals surface area contributed by atoms with E-state index in [1.807, 2.05) is 12.1 Å². The van der Waals surface area contributed by atoms with Gasteiger partial charge in [-0.2, -0.15) is 0 Å². The number of benzene rings is 1. The second-order valence-corrected chi connectivity index (χ2v) is 7.14. The number of anilines is 1. The minimum atomic E-state index is -1.35. The lowest BCUT2D eigenvalue weighted by molar-refractivity contribution is -0.124. The van der Waals surface area contributed by atoms with Gasteiger partial charge in [0.25, 0.3) is 5.91 Å². The Bertz CT molecular complexity index is 648. The largest absolute Gasteiger partial charge is 0.609 e. The summed E-state index contributed by atoms with van der Waals surface area (Å²) < 4.78 is 16.3. The topological polar surface area (TPSA) is 113 Å². The number of nitrogens with zero attached hydrogens (tertiary/aromatic N) is 1. The predicted molar refractivity (Wildman–Crippen MR) is 83.2 cm³/mol. The molecule has 1 aromatic carbocycles. The van der Waals surface area contributed by atoms with Crippen LogP contribution in [0.1, 0.15) is 24.3 Å². The van der Waals surface area contributed by atoms with Crippen LogP contribution in [-0.2, 0) is 25.5 Å². The molecule has 3 atom stereocenters. The molecule has 2 amide bonds. The van der Waals surface area contributed by atoms with Gasteiger partial charge in [-0.3, -0.25) is 9.69 Å². The summed E-state index contributed by atoms with van der Waals surface area (Å²) in [5, 5.41) is -0.210. The quantitative estimate of drug-likeness (QED) is 0.814. The van der Waals surface area contributed by atoms with E-state index < -0.39 is 29.3 Å². The zero-order valence-electron chi connectivity index (χ0n) is 12.3. The molecule has 2 fully saturated rings. The van der Waals surface area contributed by atoms with Crippen molar-refractivity contribution in [1.29, 1.82) is 0 Å². The van der Waals surface area contributed by atoms with Crippen molar-refractivity contribution in [2.75, 3.05) is 17.2 Å². The lowest BCUT2D eigenvalue weighted by Crippen LogP contribution is -2.32. The Morgan fingerprint density at radius 2 is 2.00 bits per heavy atom. The van der Waals surface area contributed by atoms with E-state index >= 15 is 0 Å². The van der Waals surface area contributed by atoms with E-state index in [0.717, 1.165) is 5.56 Å². The first-order valence-corrected chi connectivity index (χ1v) is 8.56. The van der Waals surface area contributed by atoms with Crippen LogP contribution in [0.15, 0.2) is 24.3 Å². The molecule has 2 saturated heterocycles. The Labute approximate surface area is 135 Å². The molecule has 7 nitrogen and oxygen atoms in total. The fraction of sp³-hybridized carbons (Fsp3) is 0.400. The second kappa shape index (κ2) is 6.21. The van der Waals surface area contributed by atoms with Crippen LogP contribution in [-0.4, -0.2) is 40.1 Å². The van der Waals surface area contributed by atoms with E-state index in [4.69, 9.17) is 10.5 Å². The highest BCUT2D eigenvalue weighted by Crippen LogP contribution is 2.31. The minimum absolute atomic E-state index is 0.0538. The summed E-state index contributed by atoms with van der Waals surface area (Å²) in [5.41, 5.74) is 6.72. The molecule has 2 aliphatic heterocycles. The molecule has 122 valence electrons. The van der Waals surface area contributed by atoms with Gasteiger partial charge in [0, 0.05) is 29.2 Å². The molecule has 23 heavy (non-hydrogen) atoms. The standard InChI is InChI=1S/C15H16N2O5S/c16-14(19)12-8-17(15(20)22-12)11-3-1-9(2-4-11)10-5-6-23(21)13(18)7-10/h1-4,10,12H,5-8H2,(H2,16,19)/t10-,12-,23+/m1/s1. The molecule has 0 bridgehead atoms. The zero-order valence-corrected chi connectivity index (χ0v) is 13.1. The number of primary amides is 1. The van der Waals surface area contributed by atoms with Gasteiger partial charge >= 0.3 is 11.2 Å². The van der Waals surface area contributed by atoms with Crippen LogP contribution in [0.2, 0.25) is 0 Å². The SMILES string of the molecule is NC(=O)[C@H]1CN(c2ccc([C@@H]3CC[S@+]([O-])C(=O)C3)cc2)C(=O)O1. The van der Waals surface area contributed by atoms with Gasteiger partial charge in [0.2, 0.25) is 0 Å². The maximum absolute atomic E-state index is 11.8. The average molecular weight is 336 g/mol. The number of hydrogen-bond donors (Lipinski definition) is 1. The number of amides is 2. The number of cyclic esters (lactones) is 1. The van der Waals surface area contributed by atoms with Gasteiger partial charge in [-0.1, -0.05) is 12.1 Å². The monoisotopic (exact) mass is 336 g/mol. The van der Waals surface area contributed by atoms with Gasteiger partial charge in [0.15, 0.2) is 6.10 Å². The van der Waals surface area contributed by atoms with Gasteiger partial charge in [-0.05, 0) is 17.7 Å². The Morgan fingerprint density at radius 1 is 1.30 bits per heavy atom. The van der Waals surface area contributed by atoms with Crippen molar-refractivity contribution in [2.24, 2.45) is 5.73 Å². The molecular weight excluding hydrogens is 320 g/mol. The van der Waals surface area contributed by atoms with Gasteiger partial charge in [0.1, 0.15) is 5.75 Å². The third kappa shape index (κ3) is 3.18. The summed E-state index contributed by atoms with van der Waals surface area (Å²) in [6.07, 6.45) is -0.563. The van der Waals surface area contributed by atoms with E-state index in [1.165, 1.54) is 4.90 Å². The number of nitrogens with two attached hydrogens (primary N) is 1. The van der Waals surface area contributed by atoms with Crippen molar-refractivity contribution >= 4 is 34.0 Å². The van der Waals surface area contributed by atoms with Crippen LogP contribution in [0.4, 0.5) is 10.5 Å². The van der Waals surface area contributed by atoms with Crippen molar-refractivity contribution in [3.63, 3.8) is 0 Å². The fourth-order valence-electron chi connectivity index (χ4n) is 2.79. The number of carbonyl (C=O) groups excluding carboxylic acids is 3. The molecule has 0 aliphatic carbocycles. The molecule has 0 saturated carbocycles. The third-order valence-corrected chi connectivity index (χ3v) is 5.41. The first-order valence-electron chi connectivity index (χ1n) is 7.24. The van der Waals surface area contributed by atoms with Crippen molar-refractivity contribution in [3.05, 3.63) is 29.8 Å². The molecule has 2 N–H and O–H groups in total. The number of ether oxygens (including phenoxy) is 1. The highest BCUT2D eigenvalue weighted by Gasteiger charge is 2.36. The summed E-state index contributed by atoms with van der Waals surface area (Å²) in [4.78, 5) is 35.8. The van der Waals surface area contributed by atoms with Crippen LogP contribution in [0.25, 0.3) is 0 Å². The van der Waals surface area contributed by atoms with Crippen molar-refractivity contribution in [1.82, 2.24) is 0 Å². The van der Waals surface area contributed by atoms with Gasteiger partial charge in [-0.25, -0.2) is 9.59 Å². The van der Waals surface area contributed by atoms with Crippen LogP contribution >= 0.6 is 0 Å². The average Bonchev–Trinajstić information content (AvgIpc) is 2.92. The molecule has 8 heteroatoms. The van der Waals surface area contributed by atoms with Crippen molar-refractivity contribution in [2.45, 2.75) is 24.9 Å². The summed E-state index contributed by atoms with van der Waals surface area (Å²) in [5.74, 6) is -0.228. The maximum atomic E-state index is 11.8. The highest BCUT2D eigenvalue weighted by atomic mass is 32.2. The zero-order chi connectivity index (χ0) is 16.6. The number of carbonyl (C=O) groups is 3. The maximum Gasteiger partial charge on any atom is 0.415 e. The highest BCUT2D eigenvalue weighted by molar-refractivity contribution is 8.06. The van der Waals surface area contributed by atoms with E-state index in [9.17, 15) is 18.9 Å². The van der Waals surface area contributed by atoms with E-state index in [-0.39, 0.29) is 24.0 Å². The predicted octanol–water partition coefficient (Wildman–Crippen LogP) is 0.650. The second-order valence-electron chi connectivity index (χ2n) is 5.59. The Kier molecular flexibility index (Phi) is 4.27. The molecule has 0 radical (unpaired) electrons. The molecule has 0 unspecified atom stereocenters. The summed E-state index contributed by atoms with van der Waals surface area (Å²) >= 11 is -1.35. The first-order chi connectivity index (χ1) is 11.0. The van der Waals surface area contributed by atoms with Crippen molar-refractivity contribution in [3.8, 4) is 0 Å². The number of rotatable bonds is 3. The van der Waals surface area contributed by atoms with Crippen LogP contribution < -0.4 is 10.6 Å². The Hall–Kier alpha value is -2.06. The fourth-order valence-corrected chi connectivity index (χ4v) is 3.91. The van der Waals surface area contributed by atoms with E-state index in [1.54, 1.807) is 12.1 Å². The first kappa shape index (κ1) is 15.8. The molecule has 2 heterocycles. The van der Waals surface area contributed by atoms with Crippen LogP contribution in [0.5, 0.6) is 0 Å².